The van der Waals surface area contributed by atoms with Gasteiger partial charge < -0.3 is 19.5 Å². The van der Waals surface area contributed by atoms with Gasteiger partial charge in [-0.05, 0) is 60.9 Å². The third-order valence-corrected chi connectivity index (χ3v) is 6.08. The highest BCUT2D eigenvalue weighted by Gasteiger charge is 2.24. The molecule has 3 aromatic rings. The van der Waals surface area contributed by atoms with Crippen molar-refractivity contribution in [1.29, 1.82) is 0 Å². The molecular weight excluding hydrogens is 481 g/mol. The standard InChI is InChI=1S/C27H28FN3O6/c1-2-30(11-4-12-32)27(34)31(16-21-8-7-20(14-23(21)28)26(33)29-35)22-6-3-5-18(13-22)19-9-10-24-25(15-19)37-17-36-24/h3,5-10,13-15,32,35H,2,4,11-12,16-17H2,1H3,(H,29,33). The zero-order valence-corrected chi connectivity index (χ0v) is 20.3. The van der Waals surface area contributed by atoms with Crippen molar-refractivity contribution in [1.82, 2.24) is 10.4 Å². The summed E-state index contributed by atoms with van der Waals surface area (Å²) in [6.45, 7) is 2.56. The average Bonchev–Trinajstić information content (AvgIpc) is 3.40. The number of nitrogens with zero attached hydrogens (tertiary/aromatic N) is 2. The molecule has 0 aliphatic carbocycles. The van der Waals surface area contributed by atoms with Crippen LogP contribution in [0.2, 0.25) is 0 Å². The van der Waals surface area contributed by atoms with E-state index in [1.165, 1.54) is 22.5 Å². The molecular formula is C27H28FN3O6. The van der Waals surface area contributed by atoms with Crippen LogP contribution < -0.4 is 19.9 Å². The summed E-state index contributed by atoms with van der Waals surface area (Å²) >= 11 is 0. The van der Waals surface area contributed by atoms with Gasteiger partial charge in [0.2, 0.25) is 6.79 Å². The van der Waals surface area contributed by atoms with Gasteiger partial charge in [-0.25, -0.2) is 14.7 Å². The van der Waals surface area contributed by atoms with Gasteiger partial charge in [0, 0.05) is 36.5 Å². The van der Waals surface area contributed by atoms with Gasteiger partial charge in [-0.3, -0.25) is 14.9 Å². The second-order valence-electron chi connectivity index (χ2n) is 8.39. The molecule has 0 saturated carbocycles. The second kappa shape index (κ2) is 11.7. The summed E-state index contributed by atoms with van der Waals surface area (Å²) in [5, 5.41) is 18.1. The van der Waals surface area contributed by atoms with E-state index >= 15 is 0 Å². The molecule has 1 aliphatic heterocycles. The number of hydrogen-bond acceptors (Lipinski definition) is 6. The zero-order chi connectivity index (χ0) is 26.4. The van der Waals surface area contributed by atoms with Crippen molar-refractivity contribution in [2.24, 2.45) is 0 Å². The molecule has 0 fully saturated rings. The smallest absolute Gasteiger partial charge is 0.324 e. The second-order valence-corrected chi connectivity index (χ2v) is 8.39. The van der Waals surface area contributed by atoms with Gasteiger partial charge in [-0.2, -0.15) is 0 Å². The number of amides is 3. The van der Waals surface area contributed by atoms with Gasteiger partial charge in [0.15, 0.2) is 11.5 Å². The first-order valence-corrected chi connectivity index (χ1v) is 11.9. The molecule has 1 heterocycles. The van der Waals surface area contributed by atoms with Crippen LogP contribution in [0.5, 0.6) is 11.5 Å². The van der Waals surface area contributed by atoms with Crippen LogP contribution in [-0.4, -0.2) is 53.6 Å². The number of fused-ring (bicyclic) bond motifs is 1. The van der Waals surface area contributed by atoms with Crippen LogP contribution in [0.1, 0.15) is 29.3 Å². The Morgan fingerprint density at radius 2 is 1.81 bits per heavy atom. The molecule has 3 amide bonds. The summed E-state index contributed by atoms with van der Waals surface area (Å²) in [4.78, 5) is 28.3. The molecule has 3 N–H and O–H groups in total. The quantitative estimate of drug-likeness (QED) is 0.295. The van der Waals surface area contributed by atoms with Crippen molar-refractivity contribution in [3.8, 4) is 22.6 Å². The number of carbonyl (C=O) groups excluding carboxylic acids is 2. The third-order valence-electron chi connectivity index (χ3n) is 6.08. The number of aliphatic hydroxyl groups is 1. The summed E-state index contributed by atoms with van der Waals surface area (Å²) < 4.78 is 25.8. The first kappa shape index (κ1) is 25.9. The van der Waals surface area contributed by atoms with Crippen molar-refractivity contribution < 1.29 is 33.8 Å². The lowest BCUT2D eigenvalue weighted by Crippen LogP contribution is -2.43. The van der Waals surface area contributed by atoms with E-state index < -0.39 is 11.7 Å². The first-order chi connectivity index (χ1) is 17.9. The summed E-state index contributed by atoms with van der Waals surface area (Å²) in [6, 6.07) is 16.3. The monoisotopic (exact) mass is 509 g/mol. The summed E-state index contributed by atoms with van der Waals surface area (Å²) in [5.41, 5.74) is 3.84. The van der Waals surface area contributed by atoms with Crippen LogP contribution >= 0.6 is 0 Å². The fourth-order valence-electron chi connectivity index (χ4n) is 4.07. The Hall–Kier alpha value is -4.15. The fourth-order valence-corrected chi connectivity index (χ4v) is 4.07. The molecule has 194 valence electrons. The van der Waals surface area contributed by atoms with Crippen molar-refractivity contribution >= 4 is 17.6 Å². The maximum absolute atomic E-state index is 15.0. The van der Waals surface area contributed by atoms with E-state index in [0.717, 1.165) is 17.2 Å². The Balaban J connectivity index is 1.70. The predicted molar refractivity (Wildman–Crippen MR) is 134 cm³/mol. The lowest BCUT2D eigenvalue weighted by Gasteiger charge is -2.30. The van der Waals surface area contributed by atoms with Gasteiger partial charge in [0.1, 0.15) is 5.82 Å². The summed E-state index contributed by atoms with van der Waals surface area (Å²) in [5.74, 6) is -0.237. The minimum atomic E-state index is -0.837. The highest BCUT2D eigenvalue weighted by molar-refractivity contribution is 5.94. The van der Waals surface area contributed by atoms with Crippen molar-refractivity contribution in [2.45, 2.75) is 19.9 Å². The molecule has 0 saturated heterocycles. The number of rotatable bonds is 9. The van der Waals surface area contributed by atoms with E-state index in [1.807, 2.05) is 43.3 Å². The average molecular weight is 510 g/mol. The lowest BCUT2D eigenvalue weighted by molar-refractivity contribution is 0.0706. The van der Waals surface area contributed by atoms with Gasteiger partial charge in [-0.1, -0.05) is 24.3 Å². The Kier molecular flexibility index (Phi) is 8.22. The number of hydroxylamine groups is 1. The fraction of sp³-hybridized carbons (Fsp3) is 0.259. The Morgan fingerprint density at radius 1 is 1.03 bits per heavy atom. The molecule has 4 rings (SSSR count). The molecule has 0 radical (unpaired) electrons. The number of urea groups is 1. The van der Waals surface area contributed by atoms with Crippen molar-refractivity contribution in [3.63, 3.8) is 0 Å². The largest absolute Gasteiger partial charge is 0.454 e. The first-order valence-electron chi connectivity index (χ1n) is 11.9. The number of ether oxygens (including phenoxy) is 2. The number of aliphatic hydroxyl groups excluding tert-OH is 1. The summed E-state index contributed by atoms with van der Waals surface area (Å²) in [7, 11) is 0. The van der Waals surface area contributed by atoms with Crippen LogP contribution in [-0.2, 0) is 6.54 Å². The minimum absolute atomic E-state index is 0.0513. The van der Waals surface area contributed by atoms with E-state index in [2.05, 4.69) is 0 Å². The van der Waals surface area contributed by atoms with Gasteiger partial charge in [0.05, 0.1) is 6.54 Å². The number of halogens is 1. The normalized spacial score (nSPS) is 11.8. The van der Waals surface area contributed by atoms with Crippen LogP contribution in [0.3, 0.4) is 0 Å². The highest BCUT2D eigenvalue weighted by atomic mass is 19.1. The SMILES string of the molecule is CCN(CCCO)C(=O)N(Cc1ccc(C(=O)NO)cc1F)c1cccc(-c2ccc3c(c2)OCO3)c1. The van der Waals surface area contributed by atoms with Crippen molar-refractivity contribution in [3.05, 3.63) is 77.6 Å². The number of benzene rings is 3. The molecule has 0 bridgehead atoms. The van der Waals surface area contributed by atoms with Crippen molar-refractivity contribution in [2.75, 3.05) is 31.4 Å². The Morgan fingerprint density at radius 3 is 2.54 bits per heavy atom. The molecule has 9 nitrogen and oxygen atoms in total. The molecule has 3 aromatic carbocycles. The molecule has 0 aromatic heterocycles. The molecule has 0 atom stereocenters. The molecule has 37 heavy (non-hydrogen) atoms. The highest BCUT2D eigenvalue weighted by Crippen LogP contribution is 2.37. The molecule has 0 spiro atoms. The summed E-state index contributed by atoms with van der Waals surface area (Å²) in [6.07, 6.45) is 0.407. The van der Waals surface area contributed by atoms with Gasteiger partial charge >= 0.3 is 6.03 Å². The number of nitrogens with one attached hydrogen (secondary N) is 1. The number of carbonyl (C=O) groups is 2. The lowest BCUT2D eigenvalue weighted by atomic mass is 10.0. The Bertz CT molecular complexity index is 1280. The van der Waals surface area contributed by atoms with E-state index in [0.29, 0.717) is 36.7 Å². The maximum Gasteiger partial charge on any atom is 0.324 e. The Labute approximate surface area is 213 Å². The van der Waals surface area contributed by atoms with E-state index in [-0.39, 0.29) is 37.1 Å². The van der Waals surface area contributed by atoms with Crippen LogP contribution in [0.4, 0.5) is 14.9 Å². The van der Waals surface area contributed by atoms with Gasteiger partial charge in [0.25, 0.3) is 5.91 Å². The van der Waals surface area contributed by atoms with E-state index in [9.17, 15) is 19.1 Å². The minimum Gasteiger partial charge on any atom is -0.454 e. The number of hydrogen-bond donors (Lipinski definition) is 3. The number of anilines is 1. The van der Waals surface area contributed by atoms with E-state index in [1.54, 1.807) is 11.0 Å². The molecule has 0 unspecified atom stereocenters. The van der Waals surface area contributed by atoms with E-state index in [4.69, 9.17) is 14.7 Å². The van der Waals surface area contributed by atoms with Gasteiger partial charge in [-0.15, -0.1) is 0 Å². The van der Waals surface area contributed by atoms with Crippen LogP contribution in [0, 0.1) is 5.82 Å². The zero-order valence-electron chi connectivity index (χ0n) is 20.3. The predicted octanol–water partition coefficient (Wildman–Crippen LogP) is 4.17. The van der Waals surface area contributed by atoms with Crippen LogP contribution in [0.25, 0.3) is 11.1 Å². The maximum atomic E-state index is 15.0. The van der Waals surface area contributed by atoms with Crippen LogP contribution in [0.15, 0.2) is 60.7 Å². The topological polar surface area (TPSA) is 112 Å². The molecule has 1 aliphatic rings. The molecule has 10 heteroatoms. The third kappa shape index (κ3) is 5.82.